The molecule has 1 aromatic carbocycles. The van der Waals surface area contributed by atoms with Gasteiger partial charge >= 0.3 is 0 Å². The molecule has 0 aliphatic carbocycles. The van der Waals surface area contributed by atoms with Gasteiger partial charge in [-0.05, 0) is 88.6 Å². The average Bonchev–Trinajstić information content (AvgIpc) is 2.77. The maximum absolute atomic E-state index is 10.5. The van der Waals surface area contributed by atoms with E-state index in [1.165, 1.54) is 0 Å². The Morgan fingerprint density at radius 1 is 1.21 bits per heavy atom. The number of ether oxygens (including phenoxy) is 1. The molecule has 1 saturated heterocycles. The number of nitrogens with two attached hydrogens (primary N) is 1. The summed E-state index contributed by atoms with van der Waals surface area (Å²) in [6, 6.07) is 4.15. The van der Waals surface area contributed by atoms with Crippen LogP contribution in [0.15, 0.2) is 24.5 Å². The summed E-state index contributed by atoms with van der Waals surface area (Å²) >= 11 is 5.88. The van der Waals surface area contributed by atoms with E-state index in [9.17, 15) is 5.11 Å². The Morgan fingerprint density at radius 2 is 1.85 bits per heavy atom. The fourth-order valence-electron chi connectivity index (χ4n) is 4.45. The summed E-state index contributed by atoms with van der Waals surface area (Å²) in [6.45, 7) is 9.35. The number of aliphatic hydroxyl groups is 1. The van der Waals surface area contributed by atoms with Gasteiger partial charge in [-0.1, -0.05) is 11.6 Å². The molecule has 0 bridgehead atoms. The van der Waals surface area contributed by atoms with Crippen molar-refractivity contribution in [3.63, 3.8) is 0 Å². The number of anilines is 1. The maximum atomic E-state index is 10.5. The van der Waals surface area contributed by atoms with Crippen molar-refractivity contribution in [3.05, 3.63) is 46.2 Å². The van der Waals surface area contributed by atoms with E-state index < -0.39 is 6.23 Å². The Kier molecular flexibility index (Phi) is 9.74. The van der Waals surface area contributed by atoms with Gasteiger partial charge in [0.05, 0.1) is 24.0 Å². The van der Waals surface area contributed by atoms with Gasteiger partial charge in [-0.2, -0.15) is 0 Å². The summed E-state index contributed by atoms with van der Waals surface area (Å²) < 4.78 is 6.05. The van der Waals surface area contributed by atoms with Gasteiger partial charge in [0.25, 0.3) is 0 Å². The summed E-state index contributed by atoms with van der Waals surface area (Å²) in [5, 5.41) is 14.3. The van der Waals surface area contributed by atoms with Crippen molar-refractivity contribution in [2.24, 2.45) is 11.7 Å². The summed E-state index contributed by atoms with van der Waals surface area (Å²) in [7, 11) is 0. The van der Waals surface area contributed by atoms with Crippen molar-refractivity contribution < 1.29 is 9.84 Å². The quantitative estimate of drug-likeness (QED) is 0.332. The molecule has 2 heterocycles. The van der Waals surface area contributed by atoms with E-state index in [1.54, 1.807) is 12.4 Å². The molecule has 0 spiro atoms. The summed E-state index contributed by atoms with van der Waals surface area (Å²) in [5.74, 6) is 2.34. The van der Waals surface area contributed by atoms with Gasteiger partial charge in [0.15, 0.2) is 0 Å². The summed E-state index contributed by atoms with van der Waals surface area (Å²) in [4.78, 5) is 10.9. The monoisotopic (exact) mass is 475 g/mol. The van der Waals surface area contributed by atoms with Crippen molar-refractivity contribution in [3.8, 4) is 5.75 Å². The highest BCUT2D eigenvalue weighted by Crippen LogP contribution is 2.27. The van der Waals surface area contributed by atoms with Crippen molar-refractivity contribution in [2.45, 2.75) is 65.1 Å². The van der Waals surface area contributed by atoms with E-state index in [0.29, 0.717) is 24.1 Å². The molecule has 1 unspecified atom stereocenters. The normalized spacial score (nSPS) is 16.6. The van der Waals surface area contributed by atoms with Gasteiger partial charge in [-0.25, -0.2) is 9.97 Å². The molecule has 8 heteroatoms. The molecular weight excluding hydrogens is 438 g/mol. The van der Waals surface area contributed by atoms with E-state index in [-0.39, 0.29) is 6.04 Å². The molecule has 0 amide bonds. The standard InChI is InChI=1S/C25H38ClN5O2/c1-17-13-22(14-18(2)23(17)24(32)28-9-6-19(3)27)33-12-4-5-20-7-10-31(11-8-20)25-29-15-21(26)16-30-25/h13-16,19-20,24,28,32H,4-12,27H2,1-3H3/t19-,24?/m0/s1. The molecule has 2 atom stereocenters. The number of nitrogens with one attached hydrogen (secondary N) is 1. The van der Waals surface area contributed by atoms with Crippen LogP contribution in [0.2, 0.25) is 5.02 Å². The van der Waals surface area contributed by atoms with E-state index in [0.717, 1.165) is 73.6 Å². The Bertz CT molecular complexity index is 847. The highest BCUT2D eigenvalue weighted by atomic mass is 35.5. The molecule has 2 aromatic rings. The number of hydrogen-bond acceptors (Lipinski definition) is 7. The predicted octanol–water partition coefficient (Wildman–Crippen LogP) is 4.14. The average molecular weight is 476 g/mol. The van der Waals surface area contributed by atoms with Crippen LogP contribution < -0.4 is 20.7 Å². The third-order valence-corrected chi connectivity index (χ3v) is 6.50. The first-order valence-corrected chi connectivity index (χ1v) is 12.3. The number of piperidine rings is 1. The molecule has 0 saturated carbocycles. The molecule has 182 valence electrons. The lowest BCUT2D eigenvalue weighted by molar-refractivity contribution is 0.137. The number of aliphatic hydroxyl groups excluding tert-OH is 1. The molecular formula is C25H38ClN5O2. The summed E-state index contributed by atoms with van der Waals surface area (Å²) in [6.07, 6.45) is 7.92. The van der Waals surface area contributed by atoms with Crippen LogP contribution in [-0.4, -0.2) is 47.4 Å². The molecule has 4 N–H and O–H groups in total. The number of hydrogen-bond donors (Lipinski definition) is 3. The second-order valence-corrected chi connectivity index (χ2v) is 9.65. The second-order valence-electron chi connectivity index (χ2n) is 9.22. The Balaban J connectivity index is 1.39. The van der Waals surface area contributed by atoms with Crippen LogP contribution in [0.5, 0.6) is 5.75 Å². The van der Waals surface area contributed by atoms with Crippen molar-refractivity contribution in [1.82, 2.24) is 15.3 Å². The molecule has 7 nitrogen and oxygen atoms in total. The van der Waals surface area contributed by atoms with Gasteiger partial charge < -0.3 is 20.5 Å². The van der Waals surface area contributed by atoms with Gasteiger partial charge in [0.1, 0.15) is 12.0 Å². The third kappa shape index (κ3) is 7.81. The lowest BCUT2D eigenvalue weighted by Gasteiger charge is -2.32. The SMILES string of the molecule is Cc1cc(OCCCC2CCN(c3ncc(Cl)cn3)CC2)cc(C)c1C(O)NCC[C@H](C)N. The number of rotatable bonds is 11. The van der Waals surface area contributed by atoms with Crippen LogP contribution in [0.25, 0.3) is 0 Å². The molecule has 1 aromatic heterocycles. The van der Waals surface area contributed by atoms with Crippen molar-refractivity contribution in [2.75, 3.05) is 31.1 Å². The van der Waals surface area contributed by atoms with Crippen LogP contribution in [0.3, 0.4) is 0 Å². The minimum atomic E-state index is -0.693. The van der Waals surface area contributed by atoms with Crippen molar-refractivity contribution in [1.29, 1.82) is 0 Å². The maximum Gasteiger partial charge on any atom is 0.225 e. The van der Waals surface area contributed by atoms with E-state index in [4.69, 9.17) is 22.1 Å². The number of nitrogens with zero attached hydrogens (tertiary/aromatic N) is 3. The smallest absolute Gasteiger partial charge is 0.225 e. The zero-order valence-corrected chi connectivity index (χ0v) is 20.8. The van der Waals surface area contributed by atoms with Crippen LogP contribution in [0, 0.1) is 19.8 Å². The highest BCUT2D eigenvalue weighted by Gasteiger charge is 2.21. The topological polar surface area (TPSA) is 96.5 Å². The fraction of sp³-hybridized carbons (Fsp3) is 0.600. The molecule has 1 aliphatic heterocycles. The first-order valence-electron chi connectivity index (χ1n) is 12.0. The molecule has 1 aliphatic rings. The molecule has 33 heavy (non-hydrogen) atoms. The first-order chi connectivity index (χ1) is 15.8. The van der Waals surface area contributed by atoms with Gasteiger partial charge in [0, 0.05) is 24.7 Å². The Labute approximate surface area is 202 Å². The third-order valence-electron chi connectivity index (χ3n) is 6.31. The molecule has 0 radical (unpaired) electrons. The number of aryl methyl sites for hydroxylation is 2. The van der Waals surface area contributed by atoms with Crippen LogP contribution in [-0.2, 0) is 0 Å². The number of benzene rings is 1. The largest absolute Gasteiger partial charge is 0.494 e. The van der Waals surface area contributed by atoms with Crippen LogP contribution in [0.1, 0.15) is 61.9 Å². The van der Waals surface area contributed by atoms with Gasteiger partial charge in [0.2, 0.25) is 5.95 Å². The number of aromatic nitrogens is 2. The number of halogens is 1. The Morgan fingerprint density at radius 3 is 2.45 bits per heavy atom. The lowest BCUT2D eigenvalue weighted by atomic mass is 9.92. The lowest BCUT2D eigenvalue weighted by Crippen LogP contribution is -2.34. The van der Waals surface area contributed by atoms with Gasteiger partial charge in [-0.15, -0.1) is 0 Å². The minimum absolute atomic E-state index is 0.118. The summed E-state index contributed by atoms with van der Waals surface area (Å²) in [5.41, 5.74) is 8.77. The van der Waals surface area contributed by atoms with Crippen molar-refractivity contribution >= 4 is 17.5 Å². The van der Waals surface area contributed by atoms with E-state index >= 15 is 0 Å². The minimum Gasteiger partial charge on any atom is -0.494 e. The van der Waals surface area contributed by atoms with E-state index in [2.05, 4.69) is 20.2 Å². The predicted molar refractivity (Wildman–Crippen MR) is 134 cm³/mol. The molecule has 1 fully saturated rings. The van der Waals surface area contributed by atoms with Gasteiger partial charge in [-0.3, -0.25) is 5.32 Å². The van der Waals surface area contributed by atoms with Crippen LogP contribution >= 0.6 is 11.6 Å². The first kappa shape index (κ1) is 25.7. The zero-order chi connectivity index (χ0) is 23.8. The highest BCUT2D eigenvalue weighted by molar-refractivity contribution is 6.30. The Hall–Kier alpha value is -1.93. The van der Waals surface area contributed by atoms with Crippen LogP contribution in [0.4, 0.5) is 5.95 Å². The fourth-order valence-corrected chi connectivity index (χ4v) is 4.55. The molecule has 3 rings (SSSR count). The zero-order valence-electron chi connectivity index (χ0n) is 20.1. The van der Waals surface area contributed by atoms with E-state index in [1.807, 2.05) is 32.9 Å². The second kappa shape index (κ2) is 12.5.